The number of hydrogen-bond donors (Lipinski definition) is 0. The Kier molecular flexibility index (Phi) is 6.60. The molecule has 2 fully saturated rings. The van der Waals surface area contributed by atoms with Gasteiger partial charge in [0.1, 0.15) is 12.4 Å². The first-order valence-electron chi connectivity index (χ1n) is 9.91. The minimum absolute atomic E-state index is 0.0249. The van der Waals surface area contributed by atoms with Crippen molar-refractivity contribution in [1.82, 2.24) is 10.0 Å². The van der Waals surface area contributed by atoms with Crippen LogP contribution in [0.25, 0.3) is 0 Å². The van der Waals surface area contributed by atoms with Crippen molar-refractivity contribution in [2.45, 2.75) is 31.9 Å². The Labute approximate surface area is 181 Å². The Bertz CT molecular complexity index is 839. The number of benzene rings is 2. The number of carbonyl (C=O) groups is 1. The van der Waals surface area contributed by atoms with Crippen LogP contribution in [-0.4, -0.2) is 48.3 Å². The molecule has 4 rings (SSSR count). The summed E-state index contributed by atoms with van der Waals surface area (Å²) in [5.74, 6) is 0.817. The summed E-state index contributed by atoms with van der Waals surface area (Å²) in [5, 5.41) is 5.13. The van der Waals surface area contributed by atoms with E-state index in [-0.39, 0.29) is 11.9 Å². The third kappa shape index (κ3) is 4.86. The van der Waals surface area contributed by atoms with E-state index in [4.69, 9.17) is 32.7 Å². The van der Waals surface area contributed by atoms with E-state index in [1.807, 2.05) is 35.3 Å². The van der Waals surface area contributed by atoms with Gasteiger partial charge in [0.15, 0.2) is 0 Å². The van der Waals surface area contributed by atoms with Crippen LogP contribution in [0.4, 0.5) is 0 Å². The smallest absolute Gasteiger partial charge is 0.236 e. The van der Waals surface area contributed by atoms with Crippen molar-refractivity contribution in [2.75, 3.05) is 26.3 Å². The molecule has 2 aromatic carbocycles. The predicted octanol–water partition coefficient (Wildman–Crippen LogP) is 4.35. The second kappa shape index (κ2) is 9.35. The Hall–Kier alpha value is -1.79. The summed E-state index contributed by atoms with van der Waals surface area (Å²) in [6, 6.07) is 13.6. The molecule has 0 aliphatic carbocycles. The van der Waals surface area contributed by atoms with Crippen LogP contribution < -0.4 is 4.74 Å². The fourth-order valence-electron chi connectivity index (χ4n) is 3.87. The van der Waals surface area contributed by atoms with Gasteiger partial charge in [0, 0.05) is 29.6 Å². The van der Waals surface area contributed by atoms with Crippen LogP contribution in [-0.2, 0) is 22.6 Å². The van der Waals surface area contributed by atoms with E-state index in [0.717, 1.165) is 24.1 Å². The molecule has 2 heterocycles. The van der Waals surface area contributed by atoms with Gasteiger partial charge in [-0.1, -0.05) is 53.5 Å². The topological polar surface area (TPSA) is 42.0 Å². The van der Waals surface area contributed by atoms with Crippen molar-refractivity contribution in [3.63, 3.8) is 0 Å². The number of hydrogen-bond acceptors (Lipinski definition) is 4. The summed E-state index contributed by atoms with van der Waals surface area (Å²) in [6.07, 6.45) is 2.12. The molecule has 154 valence electrons. The van der Waals surface area contributed by atoms with Gasteiger partial charge in [0.25, 0.3) is 0 Å². The summed E-state index contributed by atoms with van der Waals surface area (Å²) >= 11 is 13.1. The maximum atomic E-state index is 12.2. The van der Waals surface area contributed by atoms with Crippen LogP contribution in [0, 0.1) is 0 Å². The first-order chi connectivity index (χ1) is 14.1. The van der Waals surface area contributed by atoms with Crippen LogP contribution in [0.1, 0.15) is 24.0 Å². The van der Waals surface area contributed by atoms with Gasteiger partial charge in [-0.2, -0.15) is 0 Å². The highest BCUT2D eigenvalue weighted by atomic mass is 35.5. The molecule has 1 atom stereocenters. The standard InChI is InChI=1S/C22H24Cl2N2O3/c23-20-12-18(29-14-16-5-2-1-3-6-16)13-21(24)19(20)11-17-15-28-10-9-25(17)26-8-4-7-22(26)27/h1-3,5-6,12-13,17H,4,7-11,14-15H2/t17-/m1/s1. The molecule has 29 heavy (non-hydrogen) atoms. The zero-order chi connectivity index (χ0) is 20.2. The predicted molar refractivity (Wildman–Crippen MR) is 113 cm³/mol. The maximum absolute atomic E-state index is 12.2. The number of amides is 1. The van der Waals surface area contributed by atoms with Crippen LogP contribution in [0.2, 0.25) is 10.0 Å². The highest BCUT2D eigenvalue weighted by molar-refractivity contribution is 6.36. The molecule has 0 bridgehead atoms. The minimum Gasteiger partial charge on any atom is -0.489 e. The van der Waals surface area contributed by atoms with E-state index < -0.39 is 0 Å². The molecule has 2 aliphatic heterocycles. The second-order valence-electron chi connectivity index (χ2n) is 7.36. The molecule has 0 N–H and O–H groups in total. The van der Waals surface area contributed by atoms with Crippen LogP contribution >= 0.6 is 23.2 Å². The molecule has 1 amide bonds. The van der Waals surface area contributed by atoms with Gasteiger partial charge in [-0.15, -0.1) is 0 Å². The average Bonchev–Trinajstić information content (AvgIpc) is 3.16. The lowest BCUT2D eigenvalue weighted by Gasteiger charge is -2.41. The van der Waals surface area contributed by atoms with Crippen molar-refractivity contribution < 1.29 is 14.3 Å². The normalized spacial score (nSPS) is 20.3. The Balaban J connectivity index is 1.47. The Morgan fingerprint density at radius 3 is 2.55 bits per heavy atom. The summed E-state index contributed by atoms with van der Waals surface area (Å²) in [7, 11) is 0. The van der Waals surface area contributed by atoms with E-state index in [1.165, 1.54) is 0 Å². The first kappa shape index (κ1) is 20.5. The van der Waals surface area contributed by atoms with E-state index in [9.17, 15) is 4.79 Å². The van der Waals surface area contributed by atoms with Gasteiger partial charge >= 0.3 is 0 Å². The molecule has 0 spiro atoms. The summed E-state index contributed by atoms with van der Waals surface area (Å²) in [4.78, 5) is 12.2. The number of hydrazine groups is 1. The second-order valence-corrected chi connectivity index (χ2v) is 8.17. The van der Waals surface area contributed by atoms with Gasteiger partial charge in [-0.3, -0.25) is 9.80 Å². The molecule has 2 saturated heterocycles. The summed E-state index contributed by atoms with van der Waals surface area (Å²) in [5.41, 5.74) is 1.93. The van der Waals surface area contributed by atoms with Gasteiger partial charge in [0.05, 0.1) is 19.3 Å². The highest BCUT2D eigenvalue weighted by Crippen LogP contribution is 2.33. The van der Waals surface area contributed by atoms with Crippen molar-refractivity contribution >= 4 is 29.1 Å². The van der Waals surface area contributed by atoms with Crippen molar-refractivity contribution in [3.8, 4) is 5.75 Å². The average molecular weight is 435 g/mol. The zero-order valence-corrected chi connectivity index (χ0v) is 17.7. The van der Waals surface area contributed by atoms with E-state index in [2.05, 4.69) is 5.01 Å². The molecule has 0 unspecified atom stereocenters. The van der Waals surface area contributed by atoms with Crippen LogP contribution in [0.15, 0.2) is 42.5 Å². The molecule has 2 aromatic rings. The Morgan fingerprint density at radius 2 is 1.86 bits per heavy atom. The highest BCUT2D eigenvalue weighted by Gasteiger charge is 2.34. The lowest BCUT2D eigenvalue weighted by Crippen LogP contribution is -2.56. The van der Waals surface area contributed by atoms with Gasteiger partial charge in [-0.05, 0) is 36.1 Å². The summed E-state index contributed by atoms with van der Waals surface area (Å²) in [6.45, 7) is 3.08. The largest absolute Gasteiger partial charge is 0.489 e. The molecule has 7 heteroatoms. The van der Waals surface area contributed by atoms with Crippen molar-refractivity contribution in [1.29, 1.82) is 0 Å². The summed E-state index contributed by atoms with van der Waals surface area (Å²) < 4.78 is 11.5. The molecule has 5 nitrogen and oxygen atoms in total. The van der Waals surface area contributed by atoms with Gasteiger partial charge < -0.3 is 9.47 Å². The van der Waals surface area contributed by atoms with Gasteiger partial charge in [0.2, 0.25) is 5.91 Å². The SMILES string of the molecule is O=C1CCCN1N1CCOC[C@H]1Cc1c(Cl)cc(OCc2ccccc2)cc1Cl. The zero-order valence-electron chi connectivity index (χ0n) is 16.2. The lowest BCUT2D eigenvalue weighted by molar-refractivity contribution is -0.160. The Morgan fingerprint density at radius 1 is 1.10 bits per heavy atom. The number of nitrogens with zero attached hydrogens (tertiary/aromatic N) is 2. The first-order valence-corrected chi connectivity index (χ1v) is 10.7. The quantitative estimate of drug-likeness (QED) is 0.677. The third-order valence-electron chi connectivity index (χ3n) is 5.36. The van der Waals surface area contributed by atoms with Crippen molar-refractivity contribution in [3.05, 3.63) is 63.6 Å². The molecule has 0 radical (unpaired) electrons. The van der Waals surface area contributed by atoms with E-state index in [0.29, 0.717) is 55.0 Å². The molecule has 0 aromatic heterocycles. The monoisotopic (exact) mass is 434 g/mol. The number of rotatable bonds is 6. The lowest BCUT2D eigenvalue weighted by atomic mass is 10.0. The minimum atomic E-state index is 0.0249. The molecule has 0 saturated carbocycles. The van der Waals surface area contributed by atoms with E-state index >= 15 is 0 Å². The number of halogens is 2. The van der Waals surface area contributed by atoms with E-state index in [1.54, 1.807) is 12.1 Å². The fourth-order valence-corrected chi connectivity index (χ4v) is 4.49. The fraction of sp³-hybridized carbons (Fsp3) is 0.409. The third-order valence-corrected chi connectivity index (χ3v) is 6.03. The number of carbonyl (C=O) groups excluding carboxylic acids is 1. The number of ether oxygens (including phenoxy) is 2. The van der Waals surface area contributed by atoms with Crippen LogP contribution in [0.5, 0.6) is 5.75 Å². The van der Waals surface area contributed by atoms with Crippen LogP contribution in [0.3, 0.4) is 0 Å². The maximum Gasteiger partial charge on any atom is 0.236 e. The molecular formula is C22H24Cl2N2O3. The molecular weight excluding hydrogens is 411 g/mol. The number of morpholine rings is 1. The molecule has 2 aliphatic rings. The van der Waals surface area contributed by atoms with Crippen molar-refractivity contribution in [2.24, 2.45) is 0 Å². The van der Waals surface area contributed by atoms with Gasteiger partial charge in [-0.25, -0.2) is 5.01 Å².